The van der Waals surface area contributed by atoms with Gasteiger partial charge in [-0.25, -0.2) is 0 Å². The summed E-state index contributed by atoms with van der Waals surface area (Å²) < 4.78 is 0. The van der Waals surface area contributed by atoms with Crippen molar-refractivity contribution in [3.05, 3.63) is 0 Å². The van der Waals surface area contributed by atoms with E-state index >= 15 is 0 Å². The minimum Gasteiger partial charge on any atom is -0.409 e. The van der Waals surface area contributed by atoms with Gasteiger partial charge in [-0.05, 0) is 19.8 Å². The van der Waals surface area contributed by atoms with Gasteiger partial charge in [0, 0.05) is 13.1 Å². The van der Waals surface area contributed by atoms with Crippen LogP contribution in [0.25, 0.3) is 0 Å². The number of hydrogen-bond donors (Lipinski definition) is 3. The second-order valence-electron chi connectivity index (χ2n) is 4.81. The summed E-state index contributed by atoms with van der Waals surface area (Å²) in [5.41, 5.74) is 9.77. The van der Waals surface area contributed by atoms with Crippen molar-refractivity contribution in [1.82, 2.24) is 4.90 Å². The van der Waals surface area contributed by atoms with Crippen LogP contribution in [0.3, 0.4) is 0 Å². The molecular formula is C11H20N4O3. The Morgan fingerprint density at radius 2 is 2.11 bits per heavy atom. The van der Waals surface area contributed by atoms with Gasteiger partial charge in [-0.1, -0.05) is 12.1 Å². The zero-order valence-corrected chi connectivity index (χ0v) is 10.7. The molecule has 1 aliphatic rings. The van der Waals surface area contributed by atoms with Gasteiger partial charge >= 0.3 is 0 Å². The number of rotatable bonds is 4. The maximum Gasteiger partial charge on any atom is 0.236 e. The Morgan fingerprint density at radius 1 is 1.50 bits per heavy atom. The van der Waals surface area contributed by atoms with Gasteiger partial charge in [-0.3, -0.25) is 9.59 Å². The quantitative estimate of drug-likeness (QED) is 0.271. The first kappa shape index (κ1) is 14.3. The summed E-state index contributed by atoms with van der Waals surface area (Å²) in [5.74, 6) is -1.05. The lowest BCUT2D eigenvalue weighted by Crippen LogP contribution is -2.49. The minimum absolute atomic E-state index is 0.113. The Labute approximate surface area is 106 Å². The number of hydrogen-bond acceptors (Lipinski definition) is 4. The smallest absolute Gasteiger partial charge is 0.236 e. The average molecular weight is 256 g/mol. The summed E-state index contributed by atoms with van der Waals surface area (Å²) in [5, 5.41) is 11.7. The van der Waals surface area contributed by atoms with Crippen molar-refractivity contribution in [1.29, 1.82) is 0 Å². The lowest BCUT2D eigenvalue weighted by Gasteiger charge is -2.30. The van der Waals surface area contributed by atoms with Gasteiger partial charge in [0.2, 0.25) is 11.8 Å². The summed E-state index contributed by atoms with van der Waals surface area (Å²) >= 11 is 0. The number of carbonyl (C=O) groups is 2. The maximum atomic E-state index is 12.4. The Hall–Kier alpha value is -1.79. The molecule has 0 saturated carbocycles. The third kappa shape index (κ3) is 2.39. The second kappa shape index (κ2) is 5.24. The molecule has 1 fully saturated rings. The summed E-state index contributed by atoms with van der Waals surface area (Å²) in [6.07, 6.45) is 0.983. The molecule has 5 N–H and O–H groups in total. The fraction of sp³-hybridized carbons (Fsp3) is 0.727. The highest BCUT2D eigenvalue weighted by Crippen LogP contribution is 2.28. The predicted molar refractivity (Wildman–Crippen MR) is 65.7 cm³/mol. The number of primary amides is 1. The largest absolute Gasteiger partial charge is 0.409 e. The third-order valence-electron chi connectivity index (χ3n) is 3.73. The first-order chi connectivity index (χ1) is 8.36. The number of amides is 2. The zero-order chi connectivity index (χ0) is 13.9. The summed E-state index contributed by atoms with van der Waals surface area (Å²) in [4.78, 5) is 25.0. The second-order valence-corrected chi connectivity index (χ2v) is 4.81. The van der Waals surface area contributed by atoms with Gasteiger partial charge in [0.25, 0.3) is 0 Å². The molecule has 2 unspecified atom stereocenters. The normalized spacial score (nSPS) is 23.8. The molecule has 1 rings (SSSR count). The molecule has 1 saturated heterocycles. The zero-order valence-electron chi connectivity index (χ0n) is 10.7. The highest BCUT2D eigenvalue weighted by atomic mass is 16.4. The molecule has 1 aliphatic heterocycles. The van der Waals surface area contributed by atoms with E-state index in [1.54, 1.807) is 18.7 Å². The Bertz CT molecular complexity index is 382. The number of nitrogens with zero attached hydrogens (tertiary/aromatic N) is 2. The van der Waals surface area contributed by atoms with E-state index < -0.39 is 11.3 Å². The molecule has 7 nitrogen and oxygen atoms in total. The molecule has 7 heteroatoms. The molecule has 1 heterocycles. The SMILES string of the molecule is CCC(C)(C(=O)N1CCC(C(N)=O)C1)C(N)=NO. The van der Waals surface area contributed by atoms with Crippen LogP contribution in [0.5, 0.6) is 0 Å². The van der Waals surface area contributed by atoms with Crippen LogP contribution >= 0.6 is 0 Å². The van der Waals surface area contributed by atoms with Crippen LogP contribution in [-0.4, -0.2) is 40.8 Å². The molecule has 2 amide bonds. The molecule has 102 valence electrons. The lowest BCUT2D eigenvalue weighted by molar-refractivity contribution is -0.137. The molecule has 0 aromatic carbocycles. The number of likely N-dealkylation sites (tertiary alicyclic amines) is 1. The maximum absolute atomic E-state index is 12.4. The topological polar surface area (TPSA) is 122 Å². The van der Waals surface area contributed by atoms with E-state index in [0.29, 0.717) is 25.9 Å². The van der Waals surface area contributed by atoms with Crippen LogP contribution in [0.1, 0.15) is 26.7 Å². The van der Waals surface area contributed by atoms with Gasteiger partial charge in [0.15, 0.2) is 5.84 Å². The predicted octanol–water partition coefficient (Wildman–Crippen LogP) is -0.517. The fourth-order valence-corrected chi connectivity index (χ4v) is 2.08. The van der Waals surface area contributed by atoms with E-state index in [9.17, 15) is 9.59 Å². The molecule has 0 aliphatic carbocycles. The average Bonchev–Trinajstić information content (AvgIpc) is 2.85. The molecule has 0 aromatic heterocycles. The van der Waals surface area contributed by atoms with Gasteiger partial charge in [0.1, 0.15) is 5.41 Å². The monoisotopic (exact) mass is 256 g/mol. The first-order valence-electron chi connectivity index (χ1n) is 5.93. The van der Waals surface area contributed by atoms with Crippen molar-refractivity contribution < 1.29 is 14.8 Å². The molecule has 0 spiro atoms. The van der Waals surface area contributed by atoms with Crippen LogP contribution in [0.15, 0.2) is 5.16 Å². The van der Waals surface area contributed by atoms with E-state index in [1.807, 2.05) is 0 Å². The standard InChI is InChI=1S/C11H20N4O3/c1-3-11(2,9(13)14-18)10(17)15-5-4-7(6-15)8(12)16/h7,18H,3-6H2,1-2H3,(H2,12,16)(H2,13,14). The van der Waals surface area contributed by atoms with Crippen LogP contribution < -0.4 is 11.5 Å². The van der Waals surface area contributed by atoms with Gasteiger partial charge in [0.05, 0.1) is 5.92 Å². The van der Waals surface area contributed by atoms with E-state index in [-0.39, 0.29) is 17.7 Å². The number of carbonyl (C=O) groups excluding carboxylic acids is 2. The van der Waals surface area contributed by atoms with Crippen molar-refractivity contribution >= 4 is 17.6 Å². The first-order valence-corrected chi connectivity index (χ1v) is 5.93. The third-order valence-corrected chi connectivity index (χ3v) is 3.73. The molecule has 0 aromatic rings. The Balaban J connectivity index is 2.85. The fourth-order valence-electron chi connectivity index (χ4n) is 2.08. The van der Waals surface area contributed by atoms with E-state index in [0.717, 1.165) is 0 Å². The van der Waals surface area contributed by atoms with Crippen molar-refractivity contribution in [2.24, 2.45) is 28.0 Å². The van der Waals surface area contributed by atoms with Crippen molar-refractivity contribution in [3.63, 3.8) is 0 Å². The molecule has 0 radical (unpaired) electrons. The molecule has 0 bridgehead atoms. The van der Waals surface area contributed by atoms with Crippen molar-refractivity contribution in [2.75, 3.05) is 13.1 Å². The van der Waals surface area contributed by atoms with Gasteiger partial charge in [-0.2, -0.15) is 0 Å². The van der Waals surface area contributed by atoms with Crippen LogP contribution in [0.2, 0.25) is 0 Å². The van der Waals surface area contributed by atoms with Crippen molar-refractivity contribution in [3.8, 4) is 0 Å². The highest BCUT2D eigenvalue weighted by Gasteiger charge is 2.42. The number of amidine groups is 1. The van der Waals surface area contributed by atoms with E-state index in [4.69, 9.17) is 16.7 Å². The van der Waals surface area contributed by atoms with Crippen molar-refractivity contribution in [2.45, 2.75) is 26.7 Å². The number of nitrogens with two attached hydrogens (primary N) is 2. The summed E-state index contributed by atoms with van der Waals surface area (Å²) in [7, 11) is 0. The summed E-state index contributed by atoms with van der Waals surface area (Å²) in [6, 6.07) is 0. The molecular weight excluding hydrogens is 236 g/mol. The van der Waals surface area contributed by atoms with Gasteiger partial charge in [-0.15, -0.1) is 0 Å². The molecule has 2 atom stereocenters. The van der Waals surface area contributed by atoms with E-state index in [1.165, 1.54) is 0 Å². The van der Waals surface area contributed by atoms with Crippen LogP contribution in [-0.2, 0) is 9.59 Å². The Kier molecular flexibility index (Phi) is 4.15. The Morgan fingerprint density at radius 3 is 2.50 bits per heavy atom. The lowest BCUT2D eigenvalue weighted by atomic mass is 9.84. The number of oxime groups is 1. The van der Waals surface area contributed by atoms with E-state index in [2.05, 4.69) is 5.16 Å². The van der Waals surface area contributed by atoms with Crippen LogP contribution in [0, 0.1) is 11.3 Å². The highest BCUT2D eigenvalue weighted by molar-refractivity contribution is 6.06. The van der Waals surface area contributed by atoms with Gasteiger partial charge < -0.3 is 21.6 Å². The molecule has 18 heavy (non-hydrogen) atoms. The van der Waals surface area contributed by atoms with Crippen LogP contribution in [0.4, 0.5) is 0 Å². The minimum atomic E-state index is -1.04. The summed E-state index contributed by atoms with van der Waals surface area (Å²) in [6.45, 7) is 4.20.